The van der Waals surface area contributed by atoms with Gasteiger partial charge in [0.05, 0.1) is 13.2 Å². The van der Waals surface area contributed by atoms with E-state index in [1.54, 1.807) is 11.8 Å². The van der Waals surface area contributed by atoms with Crippen molar-refractivity contribution in [2.24, 2.45) is 0 Å². The summed E-state index contributed by atoms with van der Waals surface area (Å²) in [6.07, 6.45) is 0. The predicted molar refractivity (Wildman–Crippen MR) is 136 cm³/mol. The Kier molecular flexibility index (Phi) is 8.33. The molecule has 0 aliphatic rings. The van der Waals surface area contributed by atoms with Crippen LogP contribution < -0.4 is 14.2 Å². The smallest absolute Gasteiger partial charge is 0.196 e. The van der Waals surface area contributed by atoms with E-state index in [9.17, 15) is 0 Å². The Hall–Kier alpha value is -3.16. The molecule has 4 aromatic rings. The number of benzene rings is 3. The van der Waals surface area contributed by atoms with E-state index in [0.29, 0.717) is 24.1 Å². The van der Waals surface area contributed by atoms with Crippen LogP contribution in [0.4, 0.5) is 0 Å². The van der Waals surface area contributed by atoms with Gasteiger partial charge in [-0.3, -0.25) is 4.57 Å². The molecule has 8 heteroatoms. The summed E-state index contributed by atoms with van der Waals surface area (Å²) in [4.78, 5) is 0. The van der Waals surface area contributed by atoms with Gasteiger partial charge in [0.25, 0.3) is 0 Å². The molecule has 1 heterocycles. The second-order valence-electron chi connectivity index (χ2n) is 7.41. The number of halogens is 1. The van der Waals surface area contributed by atoms with Crippen LogP contribution in [0.3, 0.4) is 0 Å². The average Bonchev–Trinajstić information content (AvgIpc) is 3.26. The number of thioether (sulfide) groups is 1. The molecule has 0 unspecified atom stereocenters. The summed E-state index contributed by atoms with van der Waals surface area (Å²) in [6.45, 7) is 5.46. The lowest BCUT2D eigenvalue weighted by Crippen LogP contribution is -2.07. The quantitative estimate of drug-likeness (QED) is 0.178. The SMILES string of the molecule is CCOc1ccc(OCc2nnc(SCCOc3ccc(C)cc3)n2-c2ccc(Cl)cc2)cc1. The highest BCUT2D eigenvalue weighted by Crippen LogP contribution is 2.25. The molecule has 0 aliphatic carbocycles. The van der Waals surface area contributed by atoms with Gasteiger partial charge in [0.2, 0.25) is 0 Å². The molecule has 0 saturated carbocycles. The fourth-order valence-electron chi connectivity index (χ4n) is 3.21. The van der Waals surface area contributed by atoms with Gasteiger partial charge in [-0.25, -0.2) is 0 Å². The van der Waals surface area contributed by atoms with Crippen molar-refractivity contribution in [3.63, 3.8) is 0 Å². The fourth-order valence-corrected chi connectivity index (χ4v) is 4.12. The Morgan fingerprint density at radius 3 is 2.09 bits per heavy atom. The molecule has 0 atom stereocenters. The highest BCUT2D eigenvalue weighted by Gasteiger charge is 2.15. The minimum atomic E-state index is 0.268. The first-order valence-electron chi connectivity index (χ1n) is 11.0. The second kappa shape index (κ2) is 11.8. The molecule has 0 spiro atoms. The van der Waals surface area contributed by atoms with E-state index < -0.39 is 0 Å². The van der Waals surface area contributed by atoms with Crippen LogP contribution in [0.15, 0.2) is 78.0 Å². The molecular formula is C26H26ClN3O3S. The van der Waals surface area contributed by atoms with Crippen LogP contribution in [0.2, 0.25) is 5.02 Å². The number of hydrogen-bond acceptors (Lipinski definition) is 6. The van der Waals surface area contributed by atoms with Crippen molar-refractivity contribution in [1.29, 1.82) is 0 Å². The maximum Gasteiger partial charge on any atom is 0.196 e. The highest BCUT2D eigenvalue weighted by atomic mass is 35.5. The van der Waals surface area contributed by atoms with Gasteiger partial charge in [0.15, 0.2) is 11.0 Å². The van der Waals surface area contributed by atoms with Crippen molar-refractivity contribution < 1.29 is 14.2 Å². The van der Waals surface area contributed by atoms with E-state index in [0.717, 1.165) is 33.8 Å². The monoisotopic (exact) mass is 495 g/mol. The molecular weight excluding hydrogens is 470 g/mol. The van der Waals surface area contributed by atoms with Gasteiger partial charge in [-0.05, 0) is 74.5 Å². The molecule has 1 aromatic heterocycles. The summed E-state index contributed by atoms with van der Waals surface area (Å²) in [5.74, 6) is 3.81. The van der Waals surface area contributed by atoms with Gasteiger partial charge < -0.3 is 14.2 Å². The summed E-state index contributed by atoms with van der Waals surface area (Å²) in [5.41, 5.74) is 2.12. The minimum Gasteiger partial charge on any atom is -0.494 e. The number of aromatic nitrogens is 3. The van der Waals surface area contributed by atoms with Crippen molar-refractivity contribution in [2.45, 2.75) is 25.6 Å². The van der Waals surface area contributed by atoms with Gasteiger partial charge in [-0.1, -0.05) is 41.1 Å². The molecule has 3 aromatic carbocycles. The summed E-state index contributed by atoms with van der Waals surface area (Å²) < 4.78 is 19.3. The molecule has 4 rings (SSSR count). The Morgan fingerprint density at radius 1 is 0.794 bits per heavy atom. The van der Waals surface area contributed by atoms with E-state index in [-0.39, 0.29) is 6.61 Å². The van der Waals surface area contributed by atoms with Gasteiger partial charge in [0, 0.05) is 16.5 Å². The van der Waals surface area contributed by atoms with Crippen LogP contribution >= 0.6 is 23.4 Å². The Morgan fingerprint density at radius 2 is 1.41 bits per heavy atom. The van der Waals surface area contributed by atoms with Crippen LogP contribution in [0, 0.1) is 6.92 Å². The predicted octanol–water partition coefficient (Wildman–Crippen LogP) is 6.38. The number of ether oxygens (including phenoxy) is 3. The number of hydrogen-bond donors (Lipinski definition) is 0. The lowest BCUT2D eigenvalue weighted by atomic mass is 10.2. The first-order valence-corrected chi connectivity index (χ1v) is 12.4. The van der Waals surface area contributed by atoms with Gasteiger partial charge in [-0.15, -0.1) is 10.2 Å². The molecule has 0 amide bonds. The van der Waals surface area contributed by atoms with Crippen LogP contribution in [-0.4, -0.2) is 33.7 Å². The summed E-state index contributed by atoms with van der Waals surface area (Å²) in [5, 5.41) is 10.2. The maximum absolute atomic E-state index is 6.10. The zero-order chi connectivity index (χ0) is 23.8. The highest BCUT2D eigenvalue weighted by molar-refractivity contribution is 7.99. The van der Waals surface area contributed by atoms with E-state index in [1.807, 2.05) is 84.3 Å². The van der Waals surface area contributed by atoms with Gasteiger partial charge in [-0.2, -0.15) is 0 Å². The standard InChI is InChI=1S/C26H26ClN3O3S/c1-3-31-22-12-14-24(15-13-22)33-18-25-28-29-26(30(25)21-8-6-20(27)7-9-21)34-17-16-32-23-10-4-19(2)5-11-23/h4-15H,3,16-18H2,1-2H3. The lowest BCUT2D eigenvalue weighted by molar-refractivity contribution is 0.291. The molecule has 176 valence electrons. The zero-order valence-electron chi connectivity index (χ0n) is 19.1. The average molecular weight is 496 g/mol. The summed E-state index contributed by atoms with van der Waals surface area (Å²) in [6, 6.07) is 23.2. The van der Waals surface area contributed by atoms with Crippen LogP contribution in [-0.2, 0) is 6.61 Å². The van der Waals surface area contributed by atoms with Crippen molar-refractivity contribution in [2.75, 3.05) is 19.0 Å². The molecule has 0 fully saturated rings. The fraction of sp³-hybridized carbons (Fsp3) is 0.231. The summed E-state index contributed by atoms with van der Waals surface area (Å²) >= 11 is 7.68. The maximum atomic E-state index is 6.10. The van der Waals surface area contributed by atoms with E-state index >= 15 is 0 Å². The molecule has 0 bridgehead atoms. The topological polar surface area (TPSA) is 58.4 Å². The number of rotatable bonds is 11. The van der Waals surface area contributed by atoms with Crippen molar-refractivity contribution >= 4 is 23.4 Å². The number of aryl methyl sites for hydroxylation is 1. The van der Waals surface area contributed by atoms with E-state index in [4.69, 9.17) is 25.8 Å². The Labute approximate surface area is 208 Å². The molecule has 6 nitrogen and oxygen atoms in total. The molecule has 0 aliphatic heterocycles. The molecule has 0 N–H and O–H groups in total. The normalized spacial score (nSPS) is 10.8. The first-order chi connectivity index (χ1) is 16.6. The van der Waals surface area contributed by atoms with Gasteiger partial charge >= 0.3 is 0 Å². The van der Waals surface area contributed by atoms with Crippen LogP contribution in [0.1, 0.15) is 18.3 Å². The lowest BCUT2D eigenvalue weighted by Gasteiger charge is -2.12. The Balaban J connectivity index is 1.44. The van der Waals surface area contributed by atoms with Crippen LogP contribution in [0.25, 0.3) is 5.69 Å². The van der Waals surface area contributed by atoms with Gasteiger partial charge in [0.1, 0.15) is 23.9 Å². The first kappa shape index (κ1) is 24.0. The zero-order valence-corrected chi connectivity index (χ0v) is 20.7. The van der Waals surface area contributed by atoms with E-state index in [1.165, 1.54) is 5.56 Å². The van der Waals surface area contributed by atoms with Crippen molar-refractivity contribution in [1.82, 2.24) is 14.8 Å². The van der Waals surface area contributed by atoms with Crippen molar-refractivity contribution in [3.05, 3.63) is 89.2 Å². The molecule has 0 radical (unpaired) electrons. The third-order valence-electron chi connectivity index (χ3n) is 4.89. The molecule has 34 heavy (non-hydrogen) atoms. The minimum absolute atomic E-state index is 0.268. The van der Waals surface area contributed by atoms with Crippen LogP contribution in [0.5, 0.6) is 17.2 Å². The third kappa shape index (κ3) is 6.46. The molecule has 0 saturated heterocycles. The third-order valence-corrected chi connectivity index (χ3v) is 6.04. The Bertz CT molecular complexity index is 1180. The largest absolute Gasteiger partial charge is 0.494 e. The summed E-state index contributed by atoms with van der Waals surface area (Å²) in [7, 11) is 0. The van der Waals surface area contributed by atoms with E-state index in [2.05, 4.69) is 17.1 Å². The number of nitrogens with zero attached hydrogens (tertiary/aromatic N) is 3. The second-order valence-corrected chi connectivity index (χ2v) is 8.91. The van der Waals surface area contributed by atoms with Crippen molar-refractivity contribution in [3.8, 4) is 22.9 Å².